The van der Waals surface area contributed by atoms with Gasteiger partial charge in [-0.3, -0.25) is 6.08 Å². The number of allylic oxidation sites excluding steroid dienone is 4. The van der Waals surface area contributed by atoms with Crippen molar-refractivity contribution >= 4 is 18.4 Å². The normalized spacial score (nSPS) is 9.47. The Morgan fingerprint density at radius 1 is 0.719 bits per heavy atom. The molecule has 0 saturated heterocycles. The molecule has 1 aliphatic carbocycles. The molecule has 0 nitrogen and oxygen atoms in total. The summed E-state index contributed by atoms with van der Waals surface area (Å²) in [7, 11) is 2.97. The van der Waals surface area contributed by atoms with Crippen molar-refractivity contribution in [1.29, 1.82) is 0 Å². The number of rotatable bonds is 0. The summed E-state index contributed by atoms with van der Waals surface area (Å²) in [6.45, 7) is 7.44. The molecular formula is C30H32SiTi-6. The first-order valence-electron chi connectivity index (χ1n) is 9.57. The van der Waals surface area contributed by atoms with Crippen LogP contribution in [-0.4, -0.2) is 7.63 Å². The zero-order valence-electron chi connectivity index (χ0n) is 19.2. The SMILES string of the molecule is [C-]1=CC=CC1.[CH2-]c1ccccc1.[CH2-]c1ccccc1.[CH3-].[CH3-].[Si]=[Ti].c1ccc2[cH-]ccc2c1. The molecule has 0 spiro atoms. The first-order valence-corrected chi connectivity index (χ1v) is 12.4. The van der Waals surface area contributed by atoms with Crippen LogP contribution < -0.4 is 0 Å². The largest absolute Gasteiger partial charge is 0.168 e. The summed E-state index contributed by atoms with van der Waals surface area (Å²) in [6, 6.07) is 34.4. The molecule has 2 radical (unpaired) electrons. The van der Waals surface area contributed by atoms with Crippen molar-refractivity contribution in [3.63, 3.8) is 0 Å². The minimum absolute atomic E-state index is 0. The van der Waals surface area contributed by atoms with Gasteiger partial charge in [0.1, 0.15) is 0 Å². The third-order valence-corrected chi connectivity index (χ3v) is 3.82. The summed E-state index contributed by atoms with van der Waals surface area (Å²) < 4.78 is 0. The second-order valence-electron chi connectivity index (χ2n) is 6.13. The van der Waals surface area contributed by atoms with Gasteiger partial charge in [0.05, 0.1) is 0 Å². The van der Waals surface area contributed by atoms with Crippen LogP contribution in [0.1, 0.15) is 17.5 Å². The van der Waals surface area contributed by atoms with E-state index in [0.29, 0.717) is 0 Å². The van der Waals surface area contributed by atoms with Gasteiger partial charge in [0.25, 0.3) is 0 Å². The van der Waals surface area contributed by atoms with Crippen LogP contribution in [0.3, 0.4) is 0 Å². The first-order chi connectivity index (χ1) is 14.8. The topological polar surface area (TPSA) is 0 Å². The third-order valence-electron chi connectivity index (χ3n) is 3.82. The summed E-state index contributed by atoms with van der Waals surface area (Å²) in [4.78, 5) is 0. The predicted molar refractivity (Wildman–Crippen MR) is 141 cm³/mol. The van der Waals surface area contributed by atoms with Crippen molar-refractivity contribution in [2.24, 2.45) is 0 Å². The quantitative estimate of drug-likeness (QED) is 0.181. The fraction of sp³-hybridized carbons (Fsp3) is 0.0333. The molecule has 0 saturated carbocycles. The molecule has 0 aromatic heterocycles. The van der Waals surface area contributed by atoms with Crippen LogP contribution in [0.25, 0.3) is 10.8 Å². The van der Waals surface area contributed by atoms with Crippen LogP contribution in [-0.2, 0) is 19.2 Å². The number of fused-ring (bicyclic) bond motifs is 1. The van der Waals surface area contributed by atoms with E-state index >= 15 is 0 Å². The van der Waals surface area contributed by atoms with Crippen molar-refractivity contribution in [2.45, 2.75) is 6.42 Å². The van der Waals surface area contributed by atoms with Gasteiger partial charge >= 0.3 is 26.8 Å². The molecule has 0 aliphatic heterocycles. The minimum atomic E-state index is 0. The molecule has 0 heterocycles. The molecule has 4 aromatic carbocycles. The molecule has 1 aliphatic rings. The molecule has 166 valence electrons. The van der Waals surface area contributed by atoms with Gasteiger partial charge in [-0.05, 0) is 0 Å². The molecule has 5 rings (SSSR count). The Balaban J connectivity index is 0. The molecular weight excluding hydrogens is 436 g/mol. The number of benzene rings is 3. The Hall–Kier alpha value is -2.58. The van der Waals surface area contributed by atoms with Crippen LogP contribution >= 0.6 is 0 Å². The zero-order valence-corrected chi connectivity index (χ0v) is 21.7. The van der Waals surface area contributed by atoms with E-state index in [0.717, 1.165) is 17.5 Å². The van der Waals surface area contributed by atoms with E-state index in [4.69, 9.17) is 0 Å². The van der Waals surface area contributed by atoms with Gasteiger partial charge in [-0.25, -0.2) is 12.2 Å². The Morgan fingerprint density at radius 2 is 1.22 bits per heavy atom. The Bertz CT molecular complexity index is 892. The summed E-state index contributed by atoms with van der Waals surface area (Å²) in [5, 5.41) is 2.66. The van der Waals surface area contributed by atoms with Crippen molar-refractivity contribution in [3.8, 4) is 0 Å². The van der Waals surface area contributed by atoms with Crippen molar-refractivity contribution in [1.82, 2.24) is 0 Å². The van der Waals surface area contributed by atoms with Gasteiger partial charge in [-0.2, -0.15) is 72.8 Å². The van der Waals surface area contributed by atoms with Crippen LogP contribution in [0.5, 0.6) is 0 Å². The summed E-state index contributed by atoms with van der Waals surface area (Å²) in [6.07, 6.45) is 10.0. The van der Waals surface area contributed by atoms with Crippen molar-refractivity contribution in [3.05, 3.63) is 167 Å². The number of hydrogen-bond acceptors (Lipinski definition) is 0. The molecule has 0 atom stereocenters. The van der Waals surface area contributed by atoms with Crippen LogP contribution in [0.4, 0.5) is 0 Å². The smallest absolute Gasteiger partial charge is 0.0809 e. The molecule has 0 amide bonds. The fourth-order valence-corrected chi connectivity index (χ4v) is 2.37. The van der Waals surface area contributed by atoms with E-state index in [1.54, 1.807) is 19.2 Å². The average molecular weight is 469 g/mol. The maximum atomic E-state index is 3.72. The molecule has 2 heteroatoms. The Morgan fingerprint density at radius 3 is 1.56 bits per heavy atom. The van der Waals surface area contributed by atoms with Crippen molar-refractivity contribution < 1.29 is 19.2 Å². The van der Waals surface area contributed by atoms with E-state index < -0.39 is 0 Å². The van der Waals surface area contributed by atoms with E-state index in [2.05, 4.69) is 76.1 Å². The predicted octanol–water partition coefficient (Wildman–Crippen LogP) is 8.12. The molecule has 0 fully saturated rings. The van der Waals surface area contributed by atoms with Crippen LogP contribution in [0, 0.1) is 34.8 Å². The van der Waals surface area contributed by atoms with E-state index in [9.17, 15) is 0 Å². The summed E-state index contributed by atoms with van der Waals surface area (Å²) >= 11 is 1.81. The monoisotopic (exact) mass is 468 g/mol. The van der Waals surface area contributed by atoms with Gasteiger partial charge < -0.3 is 14.9 Å². The van der Waals surface area contributed by atoms with Gasteiger partial charge in [-0.1, -0.05) is 18.2 Å². The third kappa shape index (κ3) is 15.3. The molecule has 4 aromatic rings. The maximum Gasteiger partial charge on any atom is -0.0809 e. The Labute approximate surface area is 210 Å². The van der Waals surface area contributed by atoms with Crippen molar-refractivity contribution in [2.75, 3.05) is 0 Å². The van der Waals surface area contributed by atoms with Crippen LogP contribution in [0.2, 0.25) is 0 Å². The second-order valence-corrected chi connectivity index (χ2v) is 6.13. The molecule has 0 bridgehead atoms. The first kappa shape index (κ1) is 31.6. The van der Waals surface area contributed by atoms with E-state index in [1.165, 1.54) is 10.8 Å². The summed E-state index contributed by atoms with van der Waals surface area (Å²) in [5.41, 5.74) is 2.14. The van der Waals surface area contributed by atoms with Crippen LogP contribution in [0.15, 0.2) is 121 Å². The van der Waals surface area contributed by atoms with Gasteiger partial charge in [0, 0.05) is 0 Å². The fourth-order valence-electron chi connectivity index (χ4n) is 2.37. The average Bonchev–Trinajstić information content (AvgIpc) is 3.52. The summed E-state index contributed by atoms with van der Waals surface area (Å²) in [5.74, 6) is 0. The maximum absolute atomic E-state index is 3.72. The zero-order chi connectivity index (χ0) is 21.9. The van der Waals surface area contributed by atoms with Gasteiger partial charge in [0.2, 0.25) is 0 Å². The Kier molecular flexibility index (Phi) is 21.4. The second kappa shape index (κ2) is 21.6. The molecule has 32 heavy (non-hydrogen) atoms. The van der Waals surface area contributed by atoms with E-state index in [1.807, 2.05) is 72.8 Å². The standard InChI is InChI=1S/C9H7.2C7H7.C5H5.2CH3.Si.Ti/c1-2-5-9-7-3-6-8(9)4-1;2*1-7-5-3-2-4-6-7;1-2-4-5-3-1;;;;/h1-7H;2*2-6H,1H2;1-3H,4H2;2*1H3;;/q6*-1;;. The molecule has 0 N–H and O–H groups in total. The van der Waals surface area contributed by atoms with Gasteiger partial charge in [-0.15, -0.1) is 60.3 Å². The van der Waals surface area contributed by atoms with Gasteiger partial charge in [0.15, 0.2) is 0 Å². The van der Waals surface area contributed by atoms with E-state index in [-0.39, 0.29) is 14.9 Å². The minimum Gasteiger partial charge on any atom is -0.168 e. The molecule has 0 unspecified atom stereocenters. The number of hydrogen-bond donors (Lipinski definition) is 0.